The number of hydrogen-bond donors (Lipinski definition) is 1. The third-order valence-corrected chi connectivity index (χ3v) is 3.60. The van der Waals surface area contributed by atoms with E-state index in [1.165, 1.54) is 10.5 Å². The van der Waals surface area contributed by atoms with Gasteiger partial charge in [-0.3, -0.25) is 0 Å². The molecular formula is C9H10BrNOS. The van der Waals surface area contributed by atoms with Crippen LogP contribution in [0.5, 0.6) is 0 Å². The molecule has 2 rings (SSSR count). The summed E-state index contributed by atoms with van der Waals surface area (Å²) < 4.78 is 3.29. The van der Waals surface area contributed by atoms with Gasteiger partial charge in [0.25, 0.3) is 0 Å². The van der Waals surface area contributed by atoms with E-state index in [-0.39, 0.29) is 6.61 Å². The number of fused-ring (bicyclic) bond motifs is 1. The molecule has 0 aliphatic carbocycles. The number of hydrogen-bond acceptors (Lipinski definition) is 3. The highest BCUT2D eigenvalue weighted by atomic mass is 79.9. The van der Waals surface area contributed by atoms with Crippen molar-refractivity contribution < 1.29 is 5.11 Å². The Morgan fingerprint density at radius 1 is 1.54 bits per heavy atom. The summed E-state index contributed by atoms with van der Waals surface area (Å²) in [4.78, 5) is 1.30. The zero-order valence-electron chi connectivity index (χ0n) is 7.03. The average molecular weight is 260 g/mol. The summed E-state index contributed by atoms with van der Waals surface area (Å²) in [7, 11) is 0. The van der Waals surface area contributed by atoms with E-state index in [1.54, 1.807) is 11.9 Å². The van der Waals surface area contributed by atoms with Gasteiger partial charge in [0.15, 0.2) is 0 Å². The zero-order chi connectivity index (χ0) is 9.26. The number of rotatable bonds is 2. The van der Waals surface area contributed by atoms with Gasteiger partial charge in [-0.2, -0.15) is 0 Å². The maximum Gasteiger partial charge on any atom is 0.0568 e. The van der Waals surface area contributed by atoms with Crippen molar-refractivity contribution in [2.75, 3.05) is 13.2 Å². The van der Waals surface area contributed by atoms with Crippen LogP contribution >= 0.6 is 27.9 Å². The summed E-state index contributed by atoms with van der Waals surface area (Å²) in [6, 6.07) is 6.30. The molecule has 1 N–H and O–H groups in total. The fourth-order valence-corrected chi connectivity index (χ4v) is 2.79. The summed E-state index contributed by atoms with van der Waals surface area (Å²) in [5.74, 6) is 0. The number of halogens is 1. The Morgan fingerprint density at radius 2 is 2.38 bits per heavy atom. The van der Waals surface area contributed by atoms with Crippen LogP contribution < -0.4 is 0 Å². The molecule has 1 aliphatic rings. The first kappa shape index (κ1) is 9.52. The van der Waals surface area contributed by atoms with Gasteiger partial charge in [-0.15, -0.1) is 0 Å². The lowest BCUT2D eigenvalue weighted by molar-refractivity contribution is 0.261. The van der Waals surface area contributed by atoms with E-state index in [2.05, 4.69) is 32.4 Å². The largest absolute Gasteiger partial charge is 0.395 e. The molecule has 0 atom stereocenters. The van der Waals surface area contributed by atoms with Crippen LogP contribution in [0.2, 0.25) is 0 Å². The molecule has 0 radical (unpaired) electrons. The fourth-order valence-electron chi connectivity index (χ4n) is 1.36. The molecule has 2 nitrogen and oxygen atoms in total. The van der Waals surface area contributed by atoms with E-state index in [9.17, 15) is 0 Å². The SMILES string of the molecule is OCCN1Cc2cc(Br)ccc2S1. The smallest absolute Gasteiger partial charge is 0.0568 e. The first-order valence-electron chi connectivity index (χ1n) is 4.12. The van der Waals surface area contributed by atoms with Crippen molar-refractivity contribution in [3.05, 3.63) is 28.2 Å². The second-order valence-corrected chi connectivity index (χ2v) is 4.98. The summed E-state index contributed by atoms with van der Waals surface area (Å²) in [5, 5.41) is 8.80. The molecule has 0 aromatic heterocycles. The van der Waals surface area contributed by atoms with Gasteiger partial charge in [-0.1, -0.05) is 15.9 Å². The van der Waals surface area contributed by atoms with Crippen LogP contribution in [0.1, 0.15) is 5.56 Å². The highest BCUT2D eigenvalue weighted by Gasteiger charge is 2.18. The molecular weight excluding hydrogens is 250 g/mol. The highest BCUT2D eigenvalue weighted by Crippen LogP contribution is 2.36. The van der Waals surface area contributed by atoms with Crippen molar-refractivity contribution in [1.29, 1.82) is 0 Å². The normalized spacial score (nSPS) is 16.2. The molecule has 1 aromatic carbocycles. The zero-order valence-corrected chi connectivity index (χ0v) is 9.44. The molecule has 0 bridgehead atoms. The Kier molecular flexibility index (Phi) is 2.93. The van der Waals surface area contributed by atoms with E-state index >= 15 is 0 Å². The molecule has 0 unspecified atom stereocenters. The number of β-amino-alcohol motifs (C(OH)–C–C–N with tert-alkyl or cyclic N) is 1. The minimum Gasteiger partial charge on any atom is -0.395 e. The third-order valence-electron chi connectivity index (χ3n) is 1.95. The third kappa shape index (κ3) is 2.07. The molecule has 1 aliphatic heterocycles. The molecule has 4 heteroatoms. The van der Waals surface area contributed by atoms with Crippen molar-refractivity contribution in [1.82, 2.24) is 4.31 Å². The quantitative estimate of drug-likeness (QED) is 0.825. The Bertz CT molecular complexity index is 318. The number of benzene rings is 1. The van der Waals surface area contributed by atoms with Crippen LogP contribution in [0.3, 0.4) is 0 Å². The lowest BCUT2D eigenvalue weighted by atomic mass is 10.2. The van der Waals surface area contributed by atoms with Gasteiger partial charge in [0.05, 0.1) is 6.61 Å². The van der Waals surface area contributed by atoms with Crippen LogP contribution in [0.15, 0.2) is 27.6 Å². The lowest BCUT2D eigenvalue weighted by Crippen LogP contribution is -2.14. The van der Waals surface area contributed by atoms with Crippen molar-refractivity contribution in [2.45, 2.75) is 11.4 Å². The molecule has 13 heavy (non-hydrogen) atoms. The summed E-state index contributed by atoms with van der Waals surface area (Å²) in [5.41, 5.74) is 1.34. The molecule has 1 heterocycles. The van der Waals surface area contributed by atoms with Crippen LogP contribution in [0, 0.1) is 0 Å². The van der Waals surface area contributed by atoms with Gasteiger partial charge in [-0.25, -0.2) is 4.31 Å². The van der Waals surface area contributed by atoms with Crippen LogP contribution in [-0.2, 0) is 6.54 Å². The maximum absolute atomic E-state index is 8.80. The van der Waals surface area contributed by atoms with Gasteiger partial charge >= 0.3 is 0 Å². The van der Waals surface area contributed by atoms with Crippen molar-refractivity contribution in [3.8, 4) is 0 Å². The Hall–Kier alpha value is -0.0300. The second kappa shape index (κ2) is 4.00. The molecule has 0 spiro atoms. The van der Waals surface area contributed by atoms with Gasteiger partial charge in [-0.05, 0) is 35.7 Å². The summed E-state index contributed by atoms with van der Waals surface area (Å²) >= 11 is 5.17. The second-order valence-electron chi connectivity index (χ2n) is 2.93. The van der Waals surface area contributed by atoms with Crippen LogP contribution in [0.25, 0.3) is 0 Å². The van der Waals surface area contributed by atoms with E-state index in [0.717, 1.165) is 17.6 Å². The van der Waals surface area contributed by atoms with E-state index in [4.69, 9.17) is 5.11 Å². The number of aliphatic hydroxyl groups excluding tert-OH is 1. The predicted octanol–water partition coefficient (Wildman–Crippen LogP) is 2.26. The van der Waals surface area contributed by atoms with E-state index in [1.807, 2.05) is 6.07 Å². The van der Waals surface area contributed by atoms with Crippen molar-refractivity contribution in [2.24, 2.45) is 0 Å². The first-order chi connectivity index (χ1) is 6.29. The summed E-state index contributed by atoms with van der Waals surface area (Å²) in [6.45, 7) is 1.89. The molecule has 1 aromatic rings. The highest BCUT2D eigenvalue weighted by molar-refractivity contribution is 9.10. The fraction of sp³-hybridized carbons (Fsp3) is 0.333. The maximum atomic E-state index is 8.80. The average Bonchev–Trinajstić information content (AvgIpc) is 2.46. The van der Waals surface area contributed by atoms with Crippen LogP contribution in [0.4, 0.5) is 0 Å². The molecule has 0 saturated carbocycles. The van der Waals surface area contributed by atoms with Gasteiger partial charge in [0.2, 0.25) is 0 Å². The Balaban J connectivity index is 2.16. The molecule has 70 valence electrons. The van der Waals surface area contributed by atoms with Crippen molar-refractivity contribution >= 4 is 27.9 Å². The van der Waals surface area contributed by atoms with Gasteiger partial charge in [0, 0.05) is 22.5 Å². The predicted molar refractivity (Wildman–Crippen MR) is 57.5 cm³/mol. The Morgan fingerprint density at radius 3 is 3.15 bits per heavy atom. The minimum absolute atomic E-state index is 0.224. The van der Waals surface area contributed by atoms with Gasteiger partial charge < -0.3 is 5.11 Å². The minimum atomic E-state index is 0.224. The van der Waals surface area contributed by atoms with Gasteiger partial charge in [0.1, 0.15) is 0 Å². The first-order valence-corrected chi connectivity index (χ1v) is 5.68. The molecule has 0 fully saturated rings. The monoisotopic (exact) mass is 259 g/mol. The standard InChI is InChI=1S/C9H10BrNOS/c10-8-1-2-9-7(5-8)6-11(13-9)3-4-12/h1-2,5,12H,3-4,6H2. The number of nitrogens with zero attached hydrogens (tertiary/aromatic N) is 1. The van der Waals surface area contributed by atoms with E-state index < -0.39 is 0 Å². The number of aliphatic hydroxyl groups is 1. The molecule has 0 saturated heterocycles. The Labute approximate surface area is 90.2 Å². The topological polar surface area (TPSA) is 23.5 Å². The van der Waals surface area contributed by atoms with E-state index in [0.29, 0.717) is 0 Å². The van der Waals surface area contributed by atoms with Crippen LogP contribution in [-0.4, -0.2) is 22.6 Å². The van der Waals surface area contributed by atoms with Crippen molar-refractivity contribution in [3.63, 3.8) is 0 Å². The molecule has 0 amide bonds. The lowest BCUT2D eigenvalue weighted by Gasteiger charge is -2.09. The summed E-state index contributed by atoms with van der Waals surface area (Å²) in [6.07, 6.45) is 0.